The van der Waals surface area contributed by atoms with Crippen LogP contribution >= 0.6 is 0 Å². The summed E-state index contributed by atoms with van der Waals surface area (Å²) in [6, 6.07) is 0. The van der Waals surface area contributed by atoms with Crippen molar-refractivity contribution in [2.24, 2.45) is 45.8 Å². The summed E-state index contributed by atoms with van der Waals surface area (Å²) in [7, 11) is 1.72. The Morgan fingerprint density at radius 2 is 1.86 bits per heavy atom. The molecule has 3 saturated carbocycles. The van der Waals surface area contributed by atoms with E-state index >= 15 is 0 Å². The first-order valence-electron chi connectivity index (χ1n) is 13.9. The van der Waals surface area contributed by atoms with E-state index in [4.69, 9.17) is 9.47 Å². The predicted octanol–water partition coefficient (Wildman–Crippen LogP) is 3.99. The summed E-state index contributed by atoms with van der Waals surface area (Å²) in [5.74, 6) is -0.389. The summed E-state index contributed by atoms with van der Waals surface area (Å²) >= 11 is 0. The number of halogens is 1. The number of Topliss-reactive ketones (excluding diaryl/α,β-unsaturated/α-hetero) is 1. The van der Waals surface area contributed by atoms with Crippen LogP contribution in [0.5, 0.6) is 0 Å². The molecule has 2 saturated heterocycles. The number of hydrogen-bond donors (Lipinski definition) is 1. The molecule has 36 heavy (non-hydrogen) atoms. The van der Waals surface area contributed by atoms with E-state index in [1.165, 1.54) is 0 Å². The number of fused-ring (bicyclic) bond motifs is 2. The van der Waals surface area contributed by atoms with Crippen LogP contribution in [0.15, 0.2) is 0 Å². The molecule has 0 aromatic rings. The SMILES string of the molecule is COC1CCC23CC[C@@H](C)[C@](C)(C12)[C@H](OC(=O)NC(=O)[C@H]1CN2CC[C@@H]1C2)C[C@@](C)(CF)C(=O)[C@@H]3C. The highest BCUT2D eigenvalue weighted by atomic mass is 19.1. The molecule has 2 amide bonds. The van der Waals surface area contributed by atoms with Gasteiger partial charge in [0.1, 0.15) is 18.6 Å². The van der Waals surface area contributed by atoms with Gasteiger partial charge in [0.2, 0.25) is 5.91 Å². The molecule has 2 heterocycles. The van der Waals surface area contributed by atoms with E-state index in [2.05, 4.69) is 24.1 Å². The molecule has 4 unspecified atom stereocenters. The molecule has 2 aliphatic heterocycles. The van der Waals surface area contributed by atoms with Gasteiger partial charge in [-0.3, -0.25) is 19.3 Å². The molecule has 202 valence electrons. The molecule has 5 rings (SSSR count). The molecule has 1 N–H and O–H groups in total. The molecular formula is C28H43FN2O5. The number of piperidine rings is 1. The number of rotatable bonds is 4. The van der Waals surface area contributed by atoms with Crippen LogP contribution in [-0.4, -0.2) is 68.3 Å². The molecule has 0 spiro atoms. The minimum Gasteiger partial charge on any atom is -0.445 e. The monoisotopic (exact) mass is 506 g/mol. The van der Waals surface area contributed by atoms with Crippen LogP contribution in [0, 0.1) is 45.8 Å². The second-order valence-corrected chi connectivity index (χ2v) is 13.1. The minimum atomic E-state index is -1.24. The van der Waals surface area contributed by atoms with Crippen molar-refractivity contribution < 1.29 is 28.2 Å². The second kappa shape index (κ2) is 9.04. The normalized spacial score (nSPS) is 49.8. The number of amides is 2. The van der Waals surface area contributed by atoms with Crippen molar-refractivity contribution in [3.05, 3.63) is 0 Å². The van der Waals surface area contributed by atoms with Crippen LogP contribution in [0.2, 0.25) is 0 Å². The van der Waals surface area contributed by atoms with Crippen LogP contribution < -0.4 is 5.32 Å². The van der Waals surface area contributed by atoms with Crippen molar-refractivity contribution in [1.82, 2.24) is 10.2 Å². The fourth-order valence-corrected chi connectivity index (χ4v) is 9.22. The number of hydrogen-bond acceptors (Lipinski definition) is 6. The van der Waals surface area contributed by atoms with Crippen LogP contribution in [0.3, 0.4) is 0 Å². The van der Waals surface area contributed by atoms with Gasteiger partial charge in [-0.2, -0.15) is 0 Å². The number of ketones is 1. The smallest absolute Gasteiger partial charge is 0.414 e. The Balaban J connectivity index is 1.47. The summed E-state index contributed by atoms with van der Waals surface area (Å²) in [6.45, 7) is 9.78. The van der Waals surface area contributed by atoms with Gasteiger partial charge < -0.3 is 14.4 Å². The highest BCUT2D eigenvalue weighted by molar-refractivity contribution is 5.93. The quantitative estimate of drug-likeness (QED) is 0.621. The summed E-state index contributed by atoms with van der Waals surface area (Å²) in [4.78, 5) is 42.2. The van der Waals surface area contributed by atoms with Gasteiger partial charge in [-0.05, 0) is 69.2 Å². The standard InChI is InChI=1S/C28H43FN2O5/c1-16-6-9-28-10-7-20(35-5)22(28)27(16,4)21(12-26(3,15-29)23(32)17(28)2)36-25(34)30-24(33)19-14-31-11-8-18(19)13-31/h16-22H,6-15H2,1-5H3,(H,30,33,34)/t16-,17+,18-,19+,20?,21-,22?,26+,27+,28?/m1/s1. The third kappa shape index (κ3) is 3.68. The van der Waals surface area contributed by atoms with Gasteiger partial charge in [-0.25, -0.2) is 4.79 Å². The Bertz CT molecular complexity index is 930. The lowest BCUT2D eigenvalue weighted by molar-refractivity contribution is -0.192. The lowest BCUT2D eigenvalue weighted by Crippen LogP contribution is -2.63. The van der Waals surface area contributed by atoms with E-state index in [0.29, 0.717) is 6.54 Å². The topological polar surface area (TPSA) is 84.9 Å². The highest BCUT2D eigenvalue weighted by Gasteiger charge is 2.68. The molecule has 4 bridgehead atoms. The summed E-state index contributed by atoms with van der Waals surface area (Å²) < 4.78 is 26.7. The lowest BCUT2D eigenvalue weighted by atomic mass is 9.44. The molecule has 0 aromatic carbocycles. The van der Waals surface area contributed by atoms with Crippen molar-refractivity contribution in [1.29, 1.82) is 0 Å². The predicted molar refractivity (Wildman–Crippen MR) is 132 cm³/mol. The minimum absolute atomic E-state index is 0.00808. The number of carbonyl (C=O) groups excluding carboxylic acids is 3. The number of alkyl carbamates (subject to hydrolysis) is 1. The number of ether oxygens (including phenoxy) is 2. The van der Waals surface area contributed by atoms with E-state index < -0.39 is 29.7 Å². The van der Waals surface area contributed by atoms with E-state index in [1.54, 1.807) is 14.0 Å². The third-order valence-corrected chi connectivity index (χ3v) is 11.6. The maximum Gasteiger partial charge on any atom is 0.414 e. The van der Waals surface area contributed by atoms with Crippen molar-refractivity contribution in [2.45, 2.75) is 78.4 Å². The third-order valence-electron chi connectivity index (χ3n) is 11.6. The van der Waals surface area contributed by atoms with Gasteiger partial charge in [-0.1, -0.05) is 20.8 Å². The summed E-state index contributed by atoms with van der Waals surface area (Å²) in [5, 5.41) is 2.51. The first kappa shape index (κ1) is 26.1. The molecule has 11 atom stereocenters. The number of alkyl halides is 1. The molecule has 0 aromatic heterocycles. The van der Waals surface area contributed by atoms with Crippen LogP contribution in [0.1, 0.15) is 66.2 Å². The van der Waals surface area contributed by atoms with Gasteiger partial charge >= 0.3 is 6.09 Å². The first-order chi connectivity index (χ1) is 17.0. The second-order valence-electron chi connectivity index (χ2n) is 13.1. The van der Waals surface area contributed by atoms with Crippen molar-refractivity contribution in [3.8, 4) is 0 Å². The Hall–Kier alpha value is -1.54. The molecule has 5 aliphatic rings. The summed E-state index contributed by atoms with van der Waals surface area (Å²) in [6.07, 6.45) is 3.04. The van der Waals surface area contributed by atoms with Gasteiger partial charge in [0.05, 0.1) is 17.4 Å². The van der Waals surface area contributed by atoms with E-state index in [1.807, 2.05) is 6.92 Å². The highest BCUT2D eigenvalue weighted by Crippen LogP contribution is 2.68. The molecule has 7 nitrogen and oxygen atoms in total. The van der Waals surface area contributed by atoms with Crippen LogP contribution in [0.4, 0.5) is 9.18 Å². The zero-order chi connectivity index (χ0) is 26.0. The van der Waals surface area contributed by atoms with Gasteiger partial charge in [0, 0.05) is 37.5 Å². The van der Waals surface area contributed by atoms with Gasteiger partial charge in [0.15, 0.2) is 0 Å². The Labute approximate surface area is 214 Å². The molecule has 8 heteroatoms. The number of methoxy groups -OCH3 is 1. The fourth-order valence-electron chi connectivity index (χ4n) is 9.22. The van der Waals surface area contributed by atoms with Crippen LogP contribution in [-0.2, 0) is 19.1 Å². The van der Waals surface area contributed by atoms with Crippen molar-refractivity contribution in [3.63, 3.8) is 0 Å². The summed E-state index contributed by atoms with van der Waals surface area (Å²) in [5.41, 5.74) is -2.06. The van der Waals surface area contributed by atoms with E-state index in [9.17, 15) is 18.8 Å². The van der Waals surface area contributed by atoms with E-state index in [0.717, 1.165) is 45.2 Å². The van der Waals surface area contributed by atoms with E-state index in [-0.39, 0.29) is 59.2 Å². The first-order valence-corrected chi connectivity index (χ1v) is 13.9. The molecular weight excluding hydrogens is 463 g/mol. The van der Waals surface area contributed by atoms with Crippen molar-refractivity contribution >= 4 is 17.8 Å². The van der Waals surface area contributed by atoms with Gasteiger partial charge in [-0.15, -0.1) is 0 Å². The lowest BCUT2D eigenvalue weighted by Gasteiger charge is -2.61. The Kier molecular flexibility index (Phi) is 6.55. The Morgan fingerprint density at radius 3 is 2.47 bits per heavy atom. The maximum atomic E-state index is 14.6. The molecule has 3 aliphatic carbocycles. The van der Waals surface area contributed by atoms with Crippen LogP contribution in [0.25, 0.3) is 0 Å². The zero-order valence-corrected chi connectivity index (χ0v) is 22.5. The fraction of sp³-hybridized carbons (Fsp3) is 0.893. The molecule has 5 fully saturated rings. The van der Waals surface area contributed by atoms with Gasteiger partial charge in [0.25, 0.3) is 0 Å². The zero-order valence-electron chi connectivity index (χ0n) is 22.5. The number of imide groups is 1. The number of nitrogens with zero attached hydrogens (tertiary/aromatic N) is 1. The molecule has 0 radical (unpaired) electrons. The maximum absolute atomic E-state index is 14.6. The number of nitrogens with one attached hydrogen (secondary N) is 1. The number of carbonyl (C=O) groups is 3. The van der Waals surface area contributed by atoms with Crippen molar-refractivity contribution in [2.75, 3.05) is 33.4 Å². The Morgan fingerprint density at radius 1 is 1.14 bits per heavy atom. The largest absolute Gasteiger partial charge is 0.445 e. The average molecular weight is 507 g/mol. The average Bonchev–Trinajstić information content (AvgIpc) is 3.59.